The van der Waals surface area contributed by atoms with E-state index in [-0.39, 0.29) is 24.2 Å². The normalized spacial score (nSPS) is 17.5. The molecule has 2 amide bonds. The number of carboxylic acids is 1. The Balaban J connectivity index is 1.59. The van der Waals surface area contributed by atoms with Gasteiger partial charge in [-0.1, -0.05) is 23.3 Å². The molecule has 2 aliphatic rings. The maximum atomic E-state index is 12.1. The fraction of sp³-hybridized carbons (Fsp3) is 0.619. The minimum atomic E-state index is -1.02. The summed E-state index contributed by atoms with van der Waals surface area (Å²) < 4.78 is 0. The van der Waals surface area contributed by atoms with Crippen LogP contribution in [0.1, 0.15) is 51.4 Å². The molecule has 8 N–H and O–H groups in total. The maximum absolute atomic E-state index is 12.1. The second kappa shape index (κ2) is 12.1. The van der Waals surface area contributed by atoms with E-state index in [4.69, 9.17) is 16.9 Å². The first kappa shape index (κ1) is 24.4. The molecule has 10 nitrogen and oxygen atoms in total. The van der Waals surface area contributed by atoms with Crippen molar-refractivity contribution in [2.24, 2.45) is 11.5 Å². The van der Waals surface area contributed by atoms with Crippen LogP contribution in [0.2, 0.25) is 0 Å². The third kappa shape index (κ3) is 8.41. The molecule has 1 aliphatic heterocycles. The fourth-order valence-corrected chi connectivity index (χ4v) is 3.72. The molecule has 2 rings (SSSR count). The van der Waals surface area contributed by atoms with Crippen molar-refractivity contribution >= 4 is 23.7 Å². The van der Waals surface area contributed by atoms with Crippen molar-refractivity contribution in [2.75, 3.05) is 19.6 Å². The summed E-state index contributed by atoms with van der Waals surface area (Å²) in [5.74, 6) is -1.58. The lowest BCUT2D eigenvalue weighted by molar-refractivity contribution is -0.141. The average Bonchev–Trinajstić information content (AvgIpc) is 3.39. The molecule has 0 saturated heterocycles. The average molecular weight is 435 g/mol. The number of carboxylic acid groups (broad SMARTS) is 1. The summed E-state index contributed by atoms with van der Waals surface area (Å²) in [4.78, 5) is 37.3. The Hall–Kier alpha value is -2.88. The molecule has 0 radical (unpaired) electrons. The molecule has 0 bridgehead atoms. The summed E-state index contributed by atoms with van der Waals surface area (Å²) in [5.41, 5.74) is 13.5. The number of allylic oxidation sites excluding steroid dienone is 1. The van der Waals surface area contributed by atoms with Gasteiger partial charge in [0.05, 0.1) is 6.04 Å². The van der Waals surface area contributed by atoms with Gasteiger partial charge < -0.3 is 32.1 Å². The molecule has 0 saturated carbocycles. The molecule has 2 atom stereocenters. The van der Waals surface area contributed by atoms with E-state index < -0.39 is 18.1 Å². The van der Waals surface area contributed by atoms with E-state index in [9.17, 15) is 19.5 Å². The van der Waals surface area contributed by atoms with E-state index in [0.29, 0.717) is 45.3 Å². The van der Waals surface area contributed by atoms with E-state index in [2.05, 4.69) is 16.7 Å². The van der Waals surface area contributed by atoms with Crippen molar-refractivity contribution in [3.05, 3.63) is 23.3 Å². The predicted molar refractivity (Wildman–Crippen MR) is 117 cm³/mol. The van der Waals surface area contributed by atoms with E-state index in [1.165, 1.54) is 0 Å². The van der Waals surface area contributed by atoms with Crippen LogP contribution in [0.4, 0.5) is 0 Å². The first-order valence-corrected chi connectivity index (χ1v) is 10.8. The van der Waals surface area contributed by atoms with Crippen molar-refractivity contribution in [3.63, 3.8) is 0 Å². The molecule has 0 aromatic heterocycles. The summed E-state index contributed by atoms with van der Waals surface area (Å²) in [7, 11) is 0. The Bertz CT molecular complexity index is 748. The van der Waals surface area contributed by atoms with Gasteiger partial charge in [-0.05, 0) is 44.9 Å². The van der Waals surface area contributed by atoms with Gasteiger partial charge in [0.1, 0.15) is 6.04 Å². The topological polar surface area (TPSA) is 175 Å². The Morgan fingerprint density at radius 3 is 2.58 bits per heavy atom. The molecule has 1 heterocycles. The Morgan fingerprint density at radius 2 is 1.97 bits per heavy atom. The van der Waals surface area contributed by atoms with Gasteiger partial charge in [0.25, 0.3) is 0 Å². The lowest BCUT2D eigenvalue weighted by Gasteiger charge is -2.17. The zero-order valence-corrected chi connectivity index (χ0v) is 17.9. The summed E-state index contributed by atoms with van der Waals surface area (Å²) >= 11 is 0. The van der Waals surface area contributed by atoms with Crippen LogP contribution >= 0.6 is 0 Å². The van der Waals surface area contributed by atoms with Gasteiger partial charge in [-0.3, -0.25) is 15.0 Å². The molecular weight excluding hydrogens is 400 g/mol. The van der Waals surface area contributed by atoms with Gasteiger partial charge >= 0.3 is 5.97 Å². The number of unbranched alkanes of at least 4 members (excludes halogenated alkanes) is 1. The fourth-order valence-electron chi connectivity index (χ4n) is 3.72. The van der Waals surface area contributed by atoms with Crippen molar-refractivity contribution in [1.29, 1.82) is 5.41 Å². The molecule has 31 heavy (non-hydrogen) atoms. The molecule has 0 aromatic carbocycles. The summed E-state index contributed by atoms with van der Waals surface area (Å²) in [6.45, 7) is 1.47. The first-order valence-electron chi connectivity index (χ1n) is 10.8. The van der Waals surface area contributed by atoms with Crippen molar-refractivity contribution in [2.45, 2.75) is 63.5 Å². The second-order valence-electron chi connectivity index (χ2n) is 8.10. The molecule has 1 aliphatic carbocycles. The van der Waals surface area contributed by atoms with Gasteiger partial charge in [0.15, 0.2) is 5.96 Å². The van der Waals surface area contributed by atoms with Crippen LogP contribution in [0.15, 0.2) is 23.3 Å². The number of guanidine groups is 1. The van der Waals surface area contributed by atoms with E-state index in [0.717, 1.165) is 30.4 Å². The number of nitrogens with one attached hydrogen (secondary N) is 3. The Morgan fingerprint density at radius 1 is 1.19 bits per heavy atom. The zero-order chi connectivity index (χ0) is 22.8. The van der Waals surface area contributed by atoms with E-state index in [1.807, 2.05) is 6.08 Å². The number of hydrogen-bond donors (Lipinski definition) is 6. The molecule has 2 unspecified atom stereocenters. The van der Waals surface area contributed by atoms with Crippen LogP contribution in [0.3, 0.4) is 0 Å². The number of rotatable bonds is 12. The number of hydrogen-bond acceptors (Lipinski definition) is 5. The summed E-state index contributed by atoms with van der Waals surface area (Å²) in [5, 5.41) is 22.1. The van der Waals surface area contributed by atoms with Crippen LogP contribution in [-0.4, -0.2) is 65.5 Å². The van der Waals surface area contributed by atoms with Gasteiger partial charge in [-0.15, -0.1) is 0 Å². The minimum Gasteiger partial charge on any atom is -0.480 e. The number of nitrogens with two attached hydrogens (primary N) is 2. The lowest BCUT2D eigenvalue weighted by atomic mass is 10.1. The number of nitrogens with zero attached hydrogens (tertiary/aromatic N) is 1. The molecule has 10 heteroatoms. The van der Waals surface area contributed by atoms with E-state index >= 15 is 0 Å². The monoisotopic (exact) mass is 434 g/mol. The first-order chi connectivity index (χ1) is 14.8. The van der Waals surface area contributed by atoms with Crippen molar-refractivity contribution < 1.29 is 19.5 Å². The third-order valence-corrected chi connectivity index (χ3v) is 5.52. The van der Waals surface area contributed by atoms with Gasteiger partial charge in [0.2, 0.25) is 11.8 Å². The van der Waals surface area contributed by atoms with Crippen LogP contribution in [0.5, 0.6) is 0 Å². The lowest BCUT2D eigenvalue weighted by Crippen LogP contribution is -2.42. The Kier molecular flexibility index (Phi) is 9.51. The van der Waals surface area contributed by atoms with Crippen LogP contribution in [0.25, 0.3) is 0 Å². The number of carbonyl (C=O) groups excluding carboxylic acids is 2. The van der Waals surface area contributed by atoms with Gasteiger partial charge in [0, 0.05) is 26.1 Å². The summed E-state index contributed by atoms with van der Waals surface area (Å²) in [6.07, 6.45) is 9.00. The number of amides is 2. The molecular formula is C21H34N6O4. The molecule has 0 aromatic rings. The van der Waals surface area contributed by atoms with Crippen LogP contribution < -0.4 is 22.1 Å². The Labute approximate surface area is 182 Å². The minimum absolute atomic E-state index is 0.00129. The van der Waals surface area contributed by atoms with Crippen molar-refractivity contribution in [1.82, 2.24) is 15.5 Å². The van der Waals surface area contributed by atoms with Gasteiger partial charge in [-0.25, -0.2) is 4.79 Å². The predicted octanol–water partition coefficient (Wildman–Crippen LogP) is 0.196. The van der Waals surface area contributed by atoms with Crippen LogP contribution in [0, 0.1) is 5.41 Å². The standard InChI is InChI=1S/C21H34N6O4/c22-16(11-15-8-10-27(13-15)21(23)24)19(29)25-9-4-3-7-18(28)26-17(20(30)31)12-14-5-1-2-6-14/h5,8,16-17H,1-4,6-7,9-13,22H2,(H3,23,24)(H,25,29)(H,26,28)(H,30,31). The quantitative estimate of drug-likeness (QED) is 0.110. The zero-order valence-electron chi connectivity index (χ0n) is 17.9. The summed E-state index contributed by atoms with van der Waals surface area (Å²) in [6, 6.07) is -1.57. The molecule has 0 fully saturated rings. The van der Waals surface area contributed by atoms with Crippen molar-refractivity contribution in [3.8, 4) is 0 Å². The molecule has 0 spiro atoms. The highest BCUT2D eigenvalue weighted by atomic mass is 16.4. The molecule has 172 valence electrons. The smallest absolute Gasteiger partial charge is 0.326 e. The third-order valence-electron chi connectivity index (χ3n) is 5.52. The highest BCUT2D eigenvalue weighted by Gasteiger charge is 2.23. The van der Waals surface area contributed by atoms with Crippen LogP contribution in [-0.2, 0) is 14.4 Å². The largest absolute Gasteiger partial charge is 0.480 e. The number of carbonyl (C=O) groups is 3. The highest BCUT2D eigenvalue weighted by Crippen LogP contribution is 2.22. The van der Waals surface area contributed by atoms with E-state index in [1.54, 1.807) is 4.90 Å². The number of aliphatic carboxylic acids is 1. The highest BCUT2D eigenvalue weighted by molar-refractivity contribution is 5.84. The maximum Gasteiger partial charge on any atom is 0.326 e. The second-order valence-corrected chi connectivity index (χ2v) is 8.10. The van der Waals surface area contributed by atoms with Gasteiger partial charge in [-0.2, -0.15) is 0 Å². The SMILES string of the molecule is N=C(N)N1CC=C(CC(N)C(=O)NCCCCC(=O)NC(CC2=CCCC2)C(=O)O)C1.